The van der Waals surface area contributed by atoms with Gasteiger partial charge in [0.05, 0.1) is 19.6 Å². The van der Waals surface area contributed by atoms with Crippen LogP contribution in [0, 0.1) is 17.8 Å². The van der Waals surface area contributed by atoms with Gasteiger partial charge in [-0.05, 0) is 73.3 Å². The Hall–Kier alpha value is -1.55. The first-order chi connectivity index (χ1) is 16.5. The Morgan fingerprint density at radius 3 is 2.06 bits per heavy atom. The summed E-state index contributed by atoms with van der Waals surface area (Å²) >= 11 is 5.09. The van der Waals surface area contributed by atoms with Crippen molar-refractivity contribution in [2.24, 2.45) is 17.8 Å². The first-order valence-corrected chi connectivity index (χ1v) is 14.0. The van der Waals surface area contributed by atoms with Crippen LogP contribution >= 0.6 is 11.6 Å². The van der Waals surface area contributed by atoms with E-state index in [2.05, 4.69) is 35.9 Å². The largest absolute Gasteiger partial charge is 0.465 e. The minimum atomic E-state index is -0.833. The van der Waals surface area contributed by atoms with Crippen LogP contribution in [0.2, 0.25) is 0 Å². The highest BCUT2D eigenvalue weighted by Gasteiger charge is 2.31. The van der Waals surface area contributed by atoms with Gasteiger partial charge in [0, 0.05) is 18.0 Å². The number of halogens is 1. The molecule has 0 aliphatic heterocycles. The quantitative estimate of drug-likeness (QED) is 0.168. The first kappa shape index (κ1) is 27.0. The molecule has 0 amide bonds. The van der Waals surface area contributed by atoms with E-state index in [0.717, 1.165) is 23.3 Å². The van der Waals surface area contributed by atoms with Crippen LogP contribution in [0.4, 0.5) is 4.79 Å². The minimum Gasteiger partial charge on any atom is -0.465 e. The normalized spacial score (nSPS) is 25.0. The molecule has 2 aliphatic carbocycles. The summed E-state index contributed by atoms with van der Waals surface area (Å²) in [5.74, 6) is 3.32. The second kappa shape index (κ2) is 14.8. The van der Waals surface area contributed by atoms with Crippen LogP contribution in [-0.4, -0.2) is 24.6 Å². The van der Waals surface area contributed by atoms with Gasteiger partial charge in [0.25, 0.3) is 0 Å². The number of unbranched alkanes of at least 4 members (excludes halogenated alkanes) is 2. The number of ether oxygens (including phenoxy) is 2. The highest BCUT2D eigenvalue weighted by atomic mass is 35.5. The number of hydrogen-bond acceptors (Lipinski definition) is 4. The fraction of sp³-hybridized carbons (Fsp3) is 0.724. The number of hydrogen-bond donors (Lipinski definition) is 0. The van der Waals surface area contributed by atoms with Crippen molar-refractivity contribution in [3.05, 3.63) is 35.4 Å². The molecule has 2 aliphatic rings. The van der Waals surface area contributed by atoms with Crippen LogP contribution < -0.4 is 0 Å². The highest BCUT2D eigenvalue weighted by molar-refractivity contribution is 6.61. The lowest BCUT2D eigenvalue weighted by Crippen LogP contribution is -2.25. The fourth-order valence-corrected chi connectivity index (χ4v) is 6.16. The van der Waals surface area contributed by atoms with Crippen molar-refractivity contribution < 1.29 is 19.1 Å². The van der Waals surface area contributed by atoms with Crippen LogP contribution in [0.5, 0.6) is 0 Å². The monoisotopic (exact) mass is 490 g/mol. The molecule has 0 bridgehead atoms. The molecule has 0 radical (unpaired) electrons. The summed E-state index contributed by atoms with van der Waals surface area (Å²) < 4.78 is 9.81. The van der Waals surface area contributed by atoms with Gasteiger partial charge in [0.1, 0.15) is 0 Å². The molecular weight excluding hydrogens is 448 g/mol. The van der Waals surface area contributed by atoms with Gasteiger partial charge in [-0.1, -0.05) is 69.7 Å². The van der Waals surface area contributed by atoms with E-state index in [1.807, 2.05) is 0 Å². The number of carbonyl (C=O) groups is 2. The molecule has 2 saturated carbocycles. The van der Waals surface area contributed by atoms with E-state index >= 15 is 0 Å². The summed E-state index contributed by atoms with van der Waals surface area (Å²) in [4.78, 5) is 22.5. The Morgan fingerprint density at radius 2 is 1.44 bits per heavy atom. The molecule has 4 nitrogen and oxygen atoms in total. The second-order valence-electron chi connectivity index (χ2n) is 10.5. The van der Waals surface area contributed by atoms with Gasteiger partial charge in [-0.15, -0.1) is 0 Å². The Labute approximate surface area is 211 Å². The molecule has 34 heavy (non-hydrogen) atoms. The van der Waals surface area contributed by atoms with E-state index in [-0.39, 0.29) is 25.6 Å². The lowest BCUT2D eigenvalue weighted by Gasteiger charge is -2.38. The predicted molar refractivity (Wildman–Crippen MR) is 137 cm³/mol. The van der Waals surface area contributed by atoms with Crippen molar-refractivity contribution in [3.63, 3.8) is 0 Å². The molecule has 0 saturated heterocycles. The molecule has 0 spiro atoms. The summed E-state index contributed by atoms with van der Waals surface area (Å²) in [6, 6.07) is 8.54. The number of esters is 1. The molecule has 0 heterocycles. The zero-order valence-electron chi connectivity index (χ0n) is 20.9. The SMILES string of the molecule is CCCCCC1CCC(C2CCC(c3ccc(CC(=O)OCCCOC(=O)Cl)cc3)CC2)CC1. The molecule has 3 rings (SSSR count). The van der Waals surface area contributed by atoms with Gasteiger partial charge < -0.3 is 9.47 Å². The number of rotatable bonds is 12. The first-order valence-electron chi connectivity index (χ1n) is 13.6. The van der Waals surface area contributed by atoms with Crippen molar-refractivity contribution in [3.8, 4) is 0 Å². The lowest BCUT2D eigenvalue weighted by molar-refractivity contribution is -0.143. The van der Waals surface area contributed by atoms with Crippen LogP contribution in [0.25, 0.3) is 0 Å². The zero-order chi connectivity index (χ0) is 24.2. The predicted octanol–water partition coefficient (Wildman–Crippen LogP) is 8.20. The summed E-state index contributed by atoms with van der Waals surface area (Å²) in [6.45, 7) is 2.69. The smallest absolute Gasteiger partial charge is 0.403 e. The van der Waals surface area contributed by atoms with E-state index in [0.29, 0.717) is 12.3 Å². The van der Waals surface area contributed by atoms with Crippen LogP contribution in [0.3, 0.4) is 0 Å². The Morgan fingerprint density at radius 1 is 0.824 bits per heavy atom. The molecule has 0 atom stereocenters. The van der Waals surface area contributed by atoms with Crippen molar-refractivity contribution in [2.75, 3.05) is 13.2 Å². The molecule has 1 aromatic carbocycles. The third kappa shape index (κ3) is 9.24. The average molecular weight is 491 g/mol. The molecule has 190 valence electrons. The van der Waals surface area contributed by atoms with Crippen LogP contribution in [0.1, 0.15) is 107 Å². The summed E-state index contributed by atoms with van der Waals surface area (Å²) in [5.41, 5.74) is 1.56. The van der Waals surface area contributed by atoms with Crippen molar-refractivity contribution >= 4 is 23.0 Å². The van der Waals surface area contributed by atoms with Crippen molar-refractivity contribution in [1.29, 1.82) is 0 Å². The summed E-state index contributed by atoms with van der Waals surface area (Å²) in [7, 11) is 0. The van der Waals surface area contributed by atoms with E-state index in [4.69, 9.17) is 16.3 Å². The van der Waals surface area contributed by atoms with E-state index < -0.39 is 5.43 Å². The molecule has 2 fully saturated rings. The topological polar surface area (TPSA) is 52.6 Å². The van der Waals surface area contributed by atoms with Gasteiger partial charge in [-0.3, -0.25) is 4.79 Å². The Balaban J connectivity index is 1.33. The van der Waals surface area contributed by atoms with Gasteiger partial charge in [-0.25, -0.2) is 4.79 Å². The maximum Gasteiger partial charge on any atom is 0.403 e. The molecular formula is C29H43ClO4. The maximum atomic E-state index is 12.0. The number of carbonyl (C=O) groups excluding carboxylic acids is 2. The Bertz CT molecular complexity index is 731. The van der Waals surface area contributed by atoms with Gasteiger partial charge in [-0.2, -0.15) is 0 Å². The molecule has 1 aromatic rings. The van der Waals surface area contributed by atoms with E-state index in [1.54, 1.807) is 0 Å². The summed E-state index contributed by atoms with van der Waals surface area (Å²) in [6.07, 6.45) is 17.6. The highest BCUT2D eigenvalue weighted by Crippen LogP contribution is 2.44. The summed E-state index contributed by atoms with van der Waals surface area (Å²) in [5, 5.41) is 0. The van der Waals surface area contributed by atoms with Gasteiger partial charge in [0.2, 0.25) is 0 Å². The van der Waals surface area contributed by atoms with Crippen LogP contribution in [0.15, 0.2) is 24.3 Å². The molecule has 0 aromatic heterocycles. The van der Waals surface area contributed by atoms with Gasteiger partial charge >= 0.3 is 11.4 Å². The van der Waals surface area contributed by atoms with Gasteiger partial charge in [0.15, 0.2) is 0 Å². The maximum absolute atomic E-state index is 12.0. The molecule has 5 heteroatoms. The Kier molecular flexibility index (Phi) is 11.7. The molecule has 0 N–H and O–H groups in total. The molecule has 0 unspecified atom stereocenters. The van der Waals surface area contributed by atoms with E-state index in [1.165, 1.54) is 82.6 Å². The fourth-order valence-electron chi connectivity index (χ4n) is 6.08. The van der Waals surface area contributed by atoms with Crippen molar-refractivity contribution in [1.82, 2.24) is 0 Å². The second-order valence-corrected chi connectivity index (χ2v) is 10.8. The standard InChI is InChI=1S/C29H43ClO4/c1-2-3-4-6-22-7-11-24(12-8-22)26-15-17-27(18-16-26)25-13-9-23(10-14-25)21-28(31)33-19-5-20-34-29(30)32/h9-10,13-14,22,24,26-27H,2-8,11-12,15-21H2,1H3. The van der Waals surface area contributed by atoms with Crippen molar-refractivity contribution in [2.45, 2.75) is 103 Å². The minimum absolute atomic E-state index is 0.160. The number of benzene rings is 1. The third-order valence-electron chi connectivity index (χ3n) is 8.11. The average Bonchev–Trinajstić information content (AvgIpc) is 2.85. The van der Waals surface area contributed by atoms with Crippen LogP contribution in [-0.2, 0) is 20.7 Å². The lowest BCUT2D eigenvalue weighted by atomic mass is 9.68. The zero-order valence-corrected chi connectivity index (χ0v) is 21.7. The van der Waals surface area contributed by atoms with E-state index in [9.17, 15) is 9.59 Å². The third-order valence-corrected chi connectivity index (χ3v) is 8.22.